The van der Waals surface area contributed by atoms with E-state index in [2.05, 4.69) is 77.6 Å². The zero-order valence-electron chi connectivity index (χ0n) is 38.7. The molecule has 0 aliphatic heterocycles. The van der Waals surface area contributed by atoms with E-state index >= 15 is 0 Å². The highest BCUT2D eigenvalue weighted by Gasteiger charge is 2.28. The van der Waals surface area contributed by atoms with Crippen molar-refractivity contribution in [3.05, 3.63) is 85.1 Å². The van der Waals surface area contributed by atoms with E-state index in [9.17, 15) is 33.8 Å². The number of carbonyl (C=O) groups is 2. The summed E-state index contributed by atoms with van der Waals surface area (Å²) >= 11 is 0. The van der Waals surface area contributed by atoms with Crippen LogP contribution in [0.5, 0.6) is 0 Å². The lowest BCUT2D eigenvalue weighted by molar-refractivity contribution is -0.161. The molecule has 5 N–H and O–H groups in total. The zero-order chi connectivity index (χ0) is 47.4. The van der Waals surface area contributed by atoms with Crippen LogP contribution in [-0.2, 0) is 41.8 Å². The number of allylic oxidation sites excluding steroid dienone is 13. The van der Waals surface area contributed by atoms with Crippen molar-refractivity contribution in [1.82, 2.24) is 0 Å². The van der Waals surface area contributed by atoms with Gasteiger partial charge in [0.25, 0.3) is 0 Å². The number of esters is 2. The molecule has 0 aromatic rings. The van der Waals surface area contributed by atoms with Crippen molar-refractivity contribution >= 4 is 27.6 Å². The normalized spacial score (nSPS) is 15.2. The Morgan fingerprint density at radius 3 is 1.59 bits per heavy atom. The van der Waals surface area contributed by atoms with Crippen molar-refractivity contribution in [2.75, 3.05) is 26.4 Å². The second kappa shape index (κ2) is 42.9. The van der Waals surface area contributed by atoms with Crippen LogP contribution in [0.3, 0.4) is 0 Å². The van der Waals surface area contributed by atoms with Gasteiger partial charge in [-0.2, -0.15) is 0 Å². The number of hydrogen-bond donors (Lipinski definition) is 5. The maximum atomic E-state index is 12.7. The van der Waals surface area contributed by atoms with Gasteiger partial charge >= 0.3 is 27.6 Å². The second-order valence-corrected chi connectivity index (χ2v) is 18.2. The van der Waals surface area contributed by atoms with Gasteiger partial charge in [-0.25, -0.2) is 9.13 Å². The highest BCUT2D eigenvalue weighted by atomic mass is 31.2. The van der Waals surface area contributed by atoms with E-state index in [0.717, 1.165) is 57.8 Å². The van der Waals surface area contributed by atoms with E-state index in [-0.39, 0.29) is 19.3 Å². The maximum Gasteiger partial charge on any atom is 0.472 e. The number of rotatable bonds is 43. The molecule has 0 aromatic heterocycles. The molecule has 0 aliphatic rings. The Balaban J connectivity index is 4.72. The smallest absolute Gasteiger partial charge is 0.462 e. The third-order valence-electron chi connectivity index (χ3n) is 9.38. The minimum Gasteiger partial charge on any atom is -0.462 e. The van der Waals surface area contributed by atoms with Crippen LogP contribution in [0.15, 0.2) is 85.1 Å². The van der Waals surface area contributed by atoms with Crippen LogP contribution < -0.4 is 0 Å². The van der Waals surface area contributed by atoms with Crippen LogP contribution in [0.2, 0.25) is 0 Å². The fourth-order valence-electron chi connectivity index (χ4n) is 5.80. The molecule has 16 heteroatoms. The van der Waals surface area contributed by atoms with E-state index in [0.29, 0.717) is 12.8 Å². The molecule has 0 spiro atoms. The summed E-state index contributed by atoms with van der Waals surface area (Å²) in [6, 6.07) is 0. The summed E-state index contributed by atoms with van der Waals surface area (Å²) in [5, 5.41) is 20.1. The maximum absolute atomic E-state index is 12.7. The van der Waals surface area contributed by atoms with Gasteiger partial charge in [0.2, 0.25) is 0 Å². The molecule has 0 fully saturated rings. The van der Waals surface area contributed by atoms with Gasteiger partial charge < -0.3 is 34.4 Å². The average molecular weight is 945 g/mol. The third-order valence-corrected chi connectivity index (χ3v) is 10.8. The van der Waals surface area contributed by atoms with Crippen molar-refractivity contribution in [1.29, 1.82) is 0 Å². The van der Waals surface area contributed by atoms with Gasteiger partial charge in [0.15, 0.2) is 6.10 Å². The summed E-state index contributed by atoms with van der Waals surface area (Å²) in [4.78, 5) is 52.8. The van der Waals surface area contributed by atoms with Crippen LogP contribution in [0, 0.1) is 0 Å². The number of hydrogen-bond acceptors (Lipinski definition) is 11. The van der Waals surface area contributed by atoms with Crippen LogP contribution in [-0.4, -0.2) is 81.6 Å². The molecule has 0 heterocycles. The molecule has 0 aromatic carbocycles. The first-order valence-electron chi connectivity index (χ1n) is 23.4. The average Bonchev–Trinajstić information content (AvgIpc) is 3.25. The summed E-state index contributed by atoms with van der Waals surface area (Å²) in [5.74, 6) is -1.32. The van der Waals surface area contributed by atoms with E-state index in [1.54, 1.807) is 12.2 Å². The highest BCUT2D eigenvalue weighted by Crippen LogP contribution is 2.43. The lowest BCUT2D eigenvalue weighted by Crippen LogP contribution is -2.30. The van der Waals surface area contributed by atoms with Crippen molar-refractivity contribution in [3.8, 4) is 0 Å². The van der Waals surface area contributed by atoms with Gasteiger partial charge in [-0.3, -0.25) is 23.2 Å². The quantitative estimate of drug-likeness (QED) is 0.0126. The van der Waals surface area contributed by atoms with Gasteiger partial charge in [-0.05, 0) is 70.6 Å². The minimum absolute atomic E-state index is 0.0138. The van der Waals surface area contributed by atoms with Crippen molar-refractivity contribution in [2.45, 2.75) is 180 Å². The number of phosphoric acid groups is 2. The van der Waals surface area contributed by atoms with Crippen LogP contribution in [0.25, 0.3) is 0 Å². The van der Waals surface area contributed by atoms with E-state index in [1.807, 2.05) is 12.2 Å². The number of ether oxygens (including phenoxy) is 2. The fourth-order valence-corrected chi connectivity index (χ4v) is 6.96. The molecular weight excluding hydrogens is 862 g/mol. The van der Waals surface area contributed by atoms with Gasteiger partial charge in [0.05, 0.1) is 25.9 Å². The third kappa shape index (κ3) is 45.8. The zero-order valence-corrected chi connectivity index (χ0v) is 40.5. The topological polar surface area (TPSA) is 216 Å². The van der Waals surface area contributed by atoms with Gasteiger partial charge in [-0.15, -0.1) is 0 Å². The molecule has 14 nitrogen and oxygen atoms in total. The fraction of sp³-hybridized carbons (Fsp3) is 0.667. The molecule has 0 saturated carbocycles. The first-order valence-corrected chi connectivity index (χ1v) is 26.4. The first-order chi connectivity index (χ1) is 30.8. The van der Waals surface area contributed by atoms with Crippen LogP contribution in [0.1, 0.15) is 162 Å². The number of carbonyl (C=O) groups excluding carboxylic acids is 2. The summed E-state index contributed by atoms with van der Waals surface area (Å²) in [6.07, 6.45) is 46.1. The lowest BCUT2D eigenvalue weighted by atomic mass is 10.1. The van der Waals surface area contributed by atoms with Crippen molar-refractivity contribution < 1.29 is 66.7 Å². The van der Waals surface area contributed by atoms with Crippen molar-refractivity contribution in [3.63, 3.8) is 0 Å². The Morgan fingerprint density at radius 1 is 0.531 bits per heavy atom. The number of unbranched alkanes of at least 4 members (excludes halogenated alkanes) is 13. The Bertz CT molecular complexity index is 1470. The molecule has 0 radical (unpaired) electrons. The largest absolute Gasteiger partial charge is 0.472 e. The summed E-state index contributed by atoms with van der Waals surface area (Å²) in [5.41, 5.74) is 0. The molecule has 4 atom stereocenters. The molecule has 0 bridgehead atoms. The van der Waals surface area contributed by atoms with Crippen molar-refractivity contribution in [2.24, 2.45) is 0 Å². The van der Waals surface area contributed by atoms with E-state index < -0.39 is 72.3 Å². The molecule has 64 heavy (non-hydrogen) atoms. The van der Waals surface area contributed by atoms with Crippen LogP contribution >= 0.6 is 15.6 Å². The molecule has 0 aliphatic carbocycles. The van der Waals surface area contributed by atoms with E-state index in [4.69, 9.17) is 23.8 Å². The Morgan fingerprint density at radius 2 is 1.03 bits per heavy atom. The minimum atomic E-state index is -4.89. The molecule has 0 amide bonds. The number of phosphoric ester groups is 2. The number of aliphatic hydroxyl groups is 2. The van der Waals surface area contributed by atoms with E-state index in [1.165, 1.54) is 63.9 Å². The molecule has 368 valence electrons. The SMILES string of the molecule is CC/C=C\C/C=C\C/C=C\C/C=C\C/C=C\C=C/C(O)CCC(=O)O[C@H](COC(=O)CCCCCCCCC/C=C\CCCCCCCC)COP(=O)(O)OC[C@@H](O)COP(=O)(O)O. The predicted octanol–water partition coefficient (Wildman–Crippen LogP) is 11.3. The summed E-state index contributed by atoms with van der Waals surface area (Å²) < 4.78 is 47.6. The summed E-state index contributed by atoms with van der Waals surface area (Å²) in [6.45, 7) is 1.37. The Kier molecular flexibility index (Phi) is 41.0. The predicted molar refractivity (Wildman–Crippen MR) is 254 cm³/mol. The molecule has 0 rings (SSSR count). The van der Waals surface area contributed by atoms with Gasteiger partial charge in [-0.1, -0.05) is 163 Å². The first kappa shape index (κ1) is 61.3. The Hall–Kier alpha value is -2.74. The molecular formula is C48H82O14P2. The molecule has 0 saturated heterocycles. The second-order valence-electron chi connectivity index (χ2n) is 15.5. The standard InChI is InChI=1S/C48H82O14P2/c1-3-5-7-9-11-13-15-17-19-21-23-25-27-29-31-33-35-37-47(51)58-42-46(43-61-64(56,57)60-41-45(50)40-59-63(53,54)55)62-48(52)39-38-44(49)36-34-32-30-28-26-24-22-20-18-16-14-12-10-8-6-4-2/h6,8,12,14,17-20,24,26,30,32,34,36,44-46,49-50H,3-5,7,9-11,13,15-16,21-23,25,27-29,31,33,35,37-43H2,1-2H3,(H,56,57)(H2,53,54,55)/b8-6-,14-12-,19-17-,20-18-,26-24-,32-30-,36-34-/t44?,45-,46+/m0/s1. The monoisotopic (exact) mass is 945 g/mol. The van der Waals surface area contributed by atoms with Gasteiger partial charge in [0, 0.05) is 12.8 Å². The highest BCUT2D eigenvalue weighted by molar-refractivity contribution is 7.47. The van der Waals surface area contributed by atoms with Gasteiger partial charge in [0.1, 0.15) is 12.7 Å². The number of aliphatic hydroxyl groups excluding tert-OH is 2. The Labute approximate surface area is 384 Å². The lowest BCUT2D eigenvalue weighted by Gasteiger charge is -2.20. The molecule has 2 unspecified atom stereocenters. The van der Waals surface area contributed by atoms with Crippen LogP contribution in [0.4, 0.5) is 0 Å². The summed E-state index contributed by atoms with van der Waals surface area (Å²) in [7, 11) is -9.78.